The van der Waals surface area contributed by atoms with Crippen molar-refractivity contribution in [2.75, 3.05) is 39.5 Å². The number of ether oxygens (including phenoxy) is 2. The van der Waals surface area contributed by atoms with Gasteiger partial charge < -0.3 is 19.6 Å². The first-order valence-electron chi connectivity index (χ1n) is 7.08. The van der Waals surface area contributed by atoms with Crippen molar-refractivity contribution < 1.29 is 14.6 Å². The van der Waals surface area contributed by atoms with E-state index in [1.165, 1.54) is 0 Å². The molecular weight excluding hydrogens is 270 g/mol. The molecule has 6 heteroatoms. The Morgan fingerprint density at radius 3 is 2.95 bits per heavy atom. The Morgan fingerprint density at radius 2 is 2.19 bits per heavy atom. The number of aromatic nitrogens is 2. The fourth-order valence-electron chi connectivity index (χ4n) is 2.41. The van der Waals surface area contributed by atoms with E-state index in [4.69, 9.17) is 9.47 Å². The third kappa shape index (κ3) is 3.34. The maximum Gasteiger partial charge on any atom is 0.132 e. The number of aromatic hydroxyl groups is 1. The van der Waals surface area contributed by atoms with Crippen LogP contribution in [-0.4, -0.2) is 59.4 Å². The van der Waals surface area contributed by atoms with Crippen LogP contribution in [-0.2, 0) is 4.74 Å². The van der Waals surface area contributed by atoms with Crippen molar-refractivity contribution in [3.63, 3.8) is 0 Å². The van der Waals surface area contributed by atoms with Crippen molar-refractivity contribution in [3.8, 4) is 22.8 Å². The summed E-state index contributed by atoms with van der Waals surface area (Å²) >= 11 is 0. The highest BCUT2D eigenvalue weighted by molar-refractivity contribution is 5.73. The molecule has 21 heavy (non-hydrogen) atoms. The molecule has 1 saturated heterocycles. The molecule has 1 fully saturated rings. The molecule has 2 aromatic rings. The van der Waals surface area contributed by atoms with Crippen molar-refractivity contribution in [2.24, 2.45) is 0 Å². The van der Waals surface area contributed by atoms with Crippen molar-refractivity contribution in [2.45, 2.75) is 0 Å². The lowest BCUT2D eigenvalue weighted by atomic mass is 10.1. The first kappa shape index (κ1) is 13.9. The first-order chi connectivity index (χ1) is 10.3. The number of rotatable bonds is 5. The second-order valence-electron chi connectivity index (χ2n) is 4.92. The standard InChI is InChI=1S/C15H19N3O3/c19-13-2-1-3-14(15(13)12-10-16-11-17-12)21-9-6-18-4-7-20-8-5-18/h1-3,10-11,19H,4-9H2,(H,16,17). The van der Waals surface area contributed by atoms with E-state index in [-0.39, 0.29) is 5.75 Å². The maximum absolute atomic E-state index is 10.1. The van der Waals surface area contributed by atoms with E-state index in [1.807, 2.05) is 6.07 Å². The van der Waals surface area contributed by atoms with Crippen LogP contribution in [0.3, 0.4) is 0 Å². The summed E-state index contributed by atoms with van der Waals surface area (Å²) in [6, 6.07) is 5.28. The Labute approximate surface area is 123 Å². The normalized spacial score (nSPS) is 16.0. The highest BCUT2D eigenvalue weighted by Crippen LogP contribution is 2.36. The lowest BCUT2D eigenvalue weighted by Gasteiger charge is -2.26. The minimum atomic E-state index is 0.183. The molecule has 0 saturated carbocycles. The van der Waals surface area contributed by atoms with Gasteiger partial charge in [0.15, 0.2) is 0 Å². The first-order valence-corrected chi connectivity index (χ1v) is 7.08. The highest BCUT2D eigenvalue weighted by Gasteiger charge is 2.14. The minimum Gasteiger partial charge on any atom is -0.507 e. The molecule has 1 aliphatic heterocycles. The van der Waals surface area contributed by atoms with Gasteiger partial charge in [-0.05, 0) is 12.1 Å². The summed E-state index contributed by atoms with van der Waals surface area (Å²) in [6.07, 6.45) is 3.25. The molecular formula is C15H19N3O3. The van der Waals surface area contributed by atoms with E-state index in [2.05, 4.69) is 14.9 Å². The molecule has 112 valence electrons. The third-order valence-electron chi connectivity index (χ3n) is 3.54. The van der Waals surface area contributed by atoms with E-state index in [9.17, 15) is 5.11 Å². The number of aromatic amines is 1. The molecule has 0 atom stereocenters. The average molecular weight is 289 g/mol. The second-order valence-corrected chi connectivity index (χ2v) is 4.92. The van der Waals surface area contributed by atoms with Crippen molar-refractivity contribution in [1.29, 1.82) is 0 Å². The zero-order chi connectivity index (χ0) is 14.5. The molecule has 3 rings (SSSR count). The van der Waals surface area contributed by atoms with Crippen molar-refractivity contribution in [1.82, 2.24) is 14.9 Å². The monoisotopic (exact) mass is 289 g/mol. The van der Waals surface area contributed by atoms with Gasteiger partial charge in [0, 0.05) is 19.6 Å². The number of hydrogen-bond acceptors (Lipinski definition) is 5. The number of hydrogen-bond donors (Lipinski definition) is 2. The third-order valence-corrected chi connectivity index (χ3v) is 3.54. The van der Waals surface area contributed by atoms with Crippen molar-refractivity contribution in [3.05, 3.63) is 30.7 Å². The fourth-order valence-corrected chi connectivity index (χ4v) is 2.41. The molecule has 0 unspecified atom stereocenters. The number of morpholine rings is 1. The zero-order valence-electron chi connectivity index (χ0n) is 11.8. The smallest absolute Gasteiger partial charge is 0.132 e. The number of phenols is 1. The van der Waals surface area contributed by atoms with Gasteiger partial charge in [-0.1, -0.05) is 6.07 Å². The quantitative estimate of drug-likeness (QED) is 0.872. The summed E-state index contributed by atoms with van der Waals surface area (Å²) < 4.78 is 11.2. The van der Waals surface area contributed by atoms with Crippen LogP contribution in [0.1, 0.15) is 0 Å². The number of imidazole rings is 1. The fraction of sp³-hybridized carbons (Fsp3) is 0.400. The SMILES string of the molecule is Oc1cccc(OCCN2CCOCC2)c1-c1cnc[nH]1. The molecule has 0 amide bonds. The molecule has 0 radical (unpaired) electrons. The molecule has 1 aromatic carbocycles. The Kier molecular flexibility index (Phi) is 4.37. The Balaban J connectivity index is 1.66. The molecule has 0 bridgehead atoms. The van der Waals surface area contributed by atoms with E-state index >= 15 is 0 Å². The summed E-state index contributed by atoms with van der Waals surface area (Å²) in [4.78, 5) is 9.29. The van der Waals surface area contributed by atoms with Gasteiger partial charge in [-0.25, -0.2) is 4.98 Å². The Bertz CT molecular complexity index is 566. The van der Waals surface area contributed by atoms with Gasteiger partial charge >= 0.3 is 0 Å². The van der Waals surface area contributed by atoms with Gasteiger partial charge in [-0.3, -0.25) is 4.90 Å². The van der Waals surface area contributed by atoms with Gasteiger partial charge in [0.2, 0.25) is 0 Å². The van der Waals surface area contributed by atoms with Gasteiger partial charge in [0.05, 0.1) is 37.0 Å². The van der Waals surface area contributed by atoms with Crippen LogP contribution in [0.15, 0.2) is 30.7 Å². The summed E-state index contributed by atoms with van der Waals surface area (Å²) in [5.74, 6) is 0.843. The summed E-state index contributed by atoms with van der Waals surface area (Å²) in [7, 11) is 0. The van der Waals surface area contributed by atoms with Gasteiger partial charge in [-0.2, -0.15) is 0 Å². The average Bonchev–Trinajstić information content (AvgIpc) is 3.02. The van der Waals surface area contributed by atoms with Crippen LogP contribution in [0, 0.1) is 0 Å². The molecule has 2 N–H and O–H groups in total. The number of nitrogens with zero attached hydrogens (tertiary/aromatic N) is 2. The second kappa shape index (κ2) is 6.60. The molecule has 2 heterocycles. The predicted molar refractivity (Wildman–Crippen MR) is 78.4 cm³/mol. The van der Waals surface area contributed by atoms with Crippen LogP contribution < -0.4 is 4.74 Å². The minimum absolute atomic E-state index is 0.183. The zero-order valence-corrected chi connectivity index (χ0v) is 11.8. The summed E-state index contributed by atoms with van der Waals surface area (Å²) in [5, 5.41) is 10.1. The van der Waals surface area contributed by atoms with Crippen molar-refractivity contribution >= 4 is 0 Å². The van der Waals surface area contributed by atoms with Gasteiger partial charge in [-0.15, -0.1) is 0 Å². The topological polar surface area (TPSA) is 70.6 Å². The maximum atomic E-state index is 10.1. The Hall–Kier alpha value is -2.05. The lowest BCUT2D eigenvalue weighted by molar-refractivity contribution is 0.0323. The predicted octanol–water partition coefficient (Wildman–Crippen LogP) is 1.49. The molecule has 0 spiro atoms. The van der Waals surface area contributed by atoms with E-state index in [0.717, 1.165) is 38.5 Å². The van der Waals surface area contributed by atoms with Crippen LogP contribution >= 0.6 is 0 Å². The number of phenolic OH excluding ortho intramolecular Hbond substituents is 1. The van der Waals surface area contributed by atoms with E-state index < -0.39 is 0 Å². The van der Waals surface area contributed by atoms with E-state index in [0.29, 0.717) is 17.9 Å². The lowest BCUT2D eigenvalue weighted by Crippen LogP contribution is -2.38. The highest BCUT2D eigenvalue weighted by atomic mass is 16.5. The van der Waals surface area contributed by atoms with Crippen LogP contribution in [0.2, 0.25) is 0 Å². The Morgan fingerprint density at radius 1 is 1.33 bits per heavy atom. The largest absolute Gasteiger partial charge is 0.507 e. The van der Waals surface area contributed by atoms with Gasteiger partial charge in [0.1, 0.15) is 18.1 Å². The summed E-state index contributed by atoms with van der Waals surface area (Å²) in [5.41, 5.74) is 1.39. The molecule has 6 nitrogen and oxygen atoms in total. The van der Waals surface area contributed by atoms with E-state index in [1.54, 1.807) is 24.7 Å². The molecule has 1 aromatic heterocycles. The van der Waals surface area contributed by atoms with Gasteiger partial charge in [0.25, 0.3) is 0 Å². The van der Waals surface area contributed by atoms with Crippen LogP contribution in [0.5, 0.6) is 11.5 Å². The number of benzene rings is 1. The summed E-state index contributed by atoms with van der Waals surface area (Å²) in [6.45, 7) is 4.87. The van der Waals surface area contributed by atoms with Crippen LogP contribution in [0.4, 0.5) is 0 Å². The molecule has 0 aliphatic carbocycles. The number of H-pyrrole nitrogens is 1. The molecule has 1 aliphatic rings. The number of nitrogens with one attached hydrogen (secondary N) is 1. The van der Waals surface area contributed by atoms with Crippen LogP contribution in [0.25, 0.3) is 11.3 Å².